The average Bonchev–Trinajstić information content (AvgIpc) is 3.10. The Bertz CT molecular complexity index is 1230. The minimum absolute atomic E-state index is 0.215. The van der Waals surface area contributed by atoms with E-state index in [1.54, 1.807) is 12.1 Å². The number of rotatable bonds is 6. The van der Waals surface area contributed by atoms with E-state index in [9.17, 15) is 19.1 Å². The molecule has 2 aromatic carbocycles. The lowest BCUT2D eigenvalue weighted by molar-refractivity contribution is 0.0915. The lowest BCUT2D eigenvalue weighted by Crippen LogP contribution is -2.33. The molecule has 1 aliphatic heterocycles. The molecule has 2 amide bonds. The molecule has 1 aromatic heterocycles. The highest BCUT2D eigenvalue weighted by Gasteiger charge is 2.35. The molecule has 4 rings (SSSR count). The molecule has 3 aromatic rings. The number of carbonyl (C=O) groups excluding carboxylic acids is 2. The van der Waals surface area contributed by atoms with E-state index in [1.807, 2.05) is 66.8 Å². The zero-order chi connectivity index (χ0) is 24.5. The Hall–Kier alpha value is -2.50. The fraction of sp³-hybridized carbons (Fsp3) is 0.280. The molecule has 0 fully saturated rings. The first-order valence-electron chi connectivity index (χ1n) is 10.8. The van der Waals surface area contributed by atoms with Crippen molar-refractivity contribution in [1.29, 1.82) is 0 Å². The van der Waals surface area contributed by atoms with Crippen LogP contribution in [-0.4, -0.2) is 30.1 Å². The third kappa shape index (κ3) is 5.26. The van der Waals surface area contributed by atoms with Gasteiger partial charge in [-0.2, -0.15) is 0 Å². The molecule has 0 saturated carbocycles. The van der Waals surface area contributed by atoms with E-state index in [4.69, 9.17) is 0 Å². The number of halogens is 2. The van der Waals surface area contributed by atoms with Gasteiger partial charge in [0.25, 0.3) is 11.8 Å². The Morgan fingerprint density at radius 2 is 2.00 bits per heavy atom. The molecule has 6 nitrogen and oxygen atoms in total. The summed E-state index contributed by atoms with van der Waals surface area (Å²) in [6.45, 7) is 4.23. The van der Waals surface area contributed by atoms with Crippen molar-refractivity contribution in [2.45, 2.75) is 26.3 Å². The van der Waals surface area contributed by atoms with Crippen LogP contribution in [0.15, 0.2) is 48.5 Å². The van der Waals surface area contributed by atoms with Crippen LogP contribution in [0.4, 0.5) is 15.1 Å². The second-order valence-corrected chi connectivity index (χ2v) is 11.3. The molecule has 178 valence electrons. The van der Waals surface area contributed by atoms with Gasteiger partial charge in [0.1, 0.15) is 10.8 Å². The first-order valence-corrected chi connectivity index (χ1v) is 12.7. The normalized spacial score (nSPS) is 15.6. The summed E-state index contributed by atoms with van der Waals surface area (Å²) in [6.07, 6.45) is 0.492. The molecule has 34 heavy (non-hydrogen) atoms. The molecule has 0 bridgehead atoms. The highest BCUT2D eigenvalue weighted by Crippen LogP contribution is 2.41. The second kappa shape index (κ2) is 10.0. The molecule has 9 heteroatoms. The zero-order valence-corrected chi connectivity index (χ0v) is 21.7. The molecule has 0 radical (unpaired) electrons. The van der Waals surface area contributed by atoms with Gasteiger partial charge in [-0.1, -0.05) is 44.2 Å². The van der Waals surface area contributed by atoms with Gasteiger partial charge in [-0.15, -0.1) is 11.3 Å². The highest BCUT2D eigenvalue weighted by atomic mass is 127. The van der Waals surface area contributed by atoms with E-state index in [0.29, 0.717) is 34.0 Å². The van der Waals surface area contributed by atoms with Crippen LogP contribution in [0.5, 0.6) is 0 Å². The van der Waals surface area contributed by atoms with E-state index >= 15 is 0 Å². The Balaban J connectivity index is 1.78. The van der Waals surface area contributed by atoms with E-state index in [-0.39, 0.29) is 23.6 Å². The second-order valence-electron chi connectivity index (χ2n) is 9.01. The smallest absolute Gasteiger partial charge is 0.261 e. The van der Waals surface area contributed by atoms with Gasteiger partial charge in [-0.05, 0) is 63.8 Å². The van der Waals surface area contributed by atoms with Crippen LogP contribution in [0.3, 0.4) is 0 Å². The molecular weight excluding hydrogens is 568 g/mol. The molecule has 0 spiro atoms. The van der Waals surface area contributed by atoms with Gasteiger partial charge in [0.2, 0.25) is 0 Å². The van der Waals surface area contributed by atoms with Gasteiger partial charge < -0.3 is 21.1 Å². The van der Waals surface area contributed by atoms with Crippen LogP contribution in [0.25, 0.3) is 0 Å². The lowest BCUT2D eigenvalue weighted by atomic mass is 9.85. The van der Waals surface area contributed by atoms with Gasteiger partial charge in [0, 0.05) is 10.1 Å². The maximum atomic E-state index is 14.6. The number of anilines is 2. The molecule has 4 N–H and O–H groups in total. The Morgan fingerprint density at radius 3 is 2.68 bits per heavy atom. The fourth-order valence-electron chi connectivity index (χ4n) is 3.95. The number of aliphatic hydroxyl groups is 1. The minimum atomic E-state index is -0.625. The Kier molecular flexibility index (Phi) is 7.25. The summed E-state index contributed by atoms with van der Waals surface area (Å²) in [5, 5.41) is 19.2. The largest absolute Gasteiger partial charge is 0.394 e. The molecule has 1 atom stereocenters. The van der Waals surface area contributed by atoms with Crippen molar-refractivity contribution in [3.8, 4) is 0 Å². The van der Waals surface area contributed by atoms with Crippen molar-refractivity contribution < 1.29 is 19.1 Å². The molecular formula is C25H25FIN3O3S. The zero-order valence-electron chi connectivity index (χ0n) is 18.7. The summed E-state index contributed by atoms with van der Waals surface area (Å²) >= 11 is 3.16. The number of aliphatic hydroxyl groups excluding tert-OH is 1. The molecule has 0 aliphatic carbocycles. The fourth-order valence-corrected chi connectivity index (χ4v) is 5.55. The van der Waals surface area contributed by atoms with E-state index in [2.05, 4.69) is 16.0 Å². The van der Waals surface area contributed by atoms with Crippen LogP contribution in [0.1, 0.15) is 51.0 Å². The number of hydrogen-bond donors (Lipinski definition) is 4. The van der Waals surface area contributed by atoms with Crippen molar-refractivity contribution >= 4 is 56.4 Å². The Morgan fingerprint density at radius 1 is 1.26 bits per heavy atom. The predicted molar refractivity (Wildman–Crippen MR) is 140 cm³/mol. The van der Waals surface area contributed by atoms with Crippen LogP contribution in [0, 0.1) is 14.8 Å². The van der Waals surface area contributed by atoms with Crippen LogP contribution in [0.2, 0.25) is 0 Å². The summed E-state index contributed by atoms with van der Waals surface area (Å²) < 4.78 is 15.4. The third-order valence-electron chi connectivity index (χ3n) is 5.69. The number of nitrogens with one attached hydrogen (secondary N) is 3. The van der Waals surface area contributed by atoms with E-state index in [0.717, 1.165) is 20.5 Å². The number of carbonyl (C=O) groups is 2. The van der Waals surface area contributed by atoms with Gasteiger partial charge in [0.15, 0.2) is 0 Å². The summed E-state index contributed by atoms with van der Waals surface area (Å²) in [5.41, 5.74) is 1.62. The number of thiophene rings is 1. The number of benzene rings is 2. The van der Waals surface area contributed by atoms with Crippen molar-refractivity contribution in [1.82, 2.24) is 10.6 Å². The molecule has 2 heterocycles. The van der Waals surface area contributed by atoms with Crippen molar-refractivity contribution in [3.05, 3.63) is 79.5 Å². The summed E-state index contributed by atoms with van der Waals surface area (Å²) in [6, 6.07) is 13.3. The summed E-state index contributed by atoms with van der Waals surface area (Å²) in [4.78, 5) is 26.9. The van der Waals surface area contributed by atoms with Crippen molar-refractivity contribution in [2.24, 2.45) is 5.41 Å². The predicted octanol–water partition coefficient (Wildman–Crippen LogP) is 5.01. The SMILES string of the molecule is CC1(C)CNC(=O)c2sc(Nc3ccc(I)cc3F)c(C(=O)NC(CO)c3ccccc3)c2C1. The first-order chi connectivity index (χ1) is 16.2. The average molecular weight is 593 g/mol. The maximum Gasteiger partial charge on any atom is 0.261 e. The minimum Gasteiger partial charge on any atom is -0.394 e. The molecule has 1 aliphatic rings. The standard InChI is InChI=1S/C25H25FIN3O3S/c1-25(2)11-16-20(22(32)29-19(12-31)14-6-4-3-5-7-14)24(34-21(16)23(33)28-13-25)30-18-9-8-15(27)10-17(18)26/h3-10,19,30-31H,11-13H2,1-2H3,(H,28,33)(H,29,32). The third-order valence-corrected chi connectivity index (χ3v) is 7.51. The quantitative estimate of drug-likeness (QED) is 0.303. The van der Waals surface area contributed by atoms with Gasteiger partial charge >= 0.3 is 0 Å². The van der Waals surface area contributed by atoms with Crippen molar-refractivity contribution in [2.75, 3.05) is 18.5 Å². The maximum absolute atomic E-state index is 14.6. The van der Waals surface area contributed by atoms with Crippen molar-refractivity contribution in [3.63, 3.8) is 0 Å². The van der Waals surface area contributed by atoms with E-state index < -0.39 is 17.8 Å². The first kappa shape index (κ1) is 24.6. The lowest BCUT2D eigenvalue weighted by Gasteiger charge is -2.23. The number of amides is 2. The number of fused-ring (bicyclic) bond motifs is 1. The van der Waals surface area contributed by atoms with Crippen LogP contribution >= 0.6 is 33.9 Å². The number of hydrogen-bond acceptors (Lipinski definition) is 5. The highest BCUT2D eigenvalue weighted by molar-refractivity contribution is 14.1. The Labute approximate surface area is 215 Å². The van der Waals surface area contributed by atoms with Crippen LogP contribution in [-0.2, 0) is 6.42 Å². The van der Waals surface area contributed by atoms with E-state index in [1.165, 1.54) is 6.07 Å². The molecule has 1 unspecified atom stereocenters. The van der Waals surface area contributed by atoms with Gasteiger partial charge in [-0.25, -0.2) is 4.39 Å². The monoisotopic (exact) mass is 593 g/mol. The van der Waals surface area contributed by atoms with Crippen LogP contribution < -0.4 is 16.0 Å². The summed E-state index contributed by atoms with van der Waals surface area (Å²) in [5.74, 6) is -1.14. The van der Waals surface area contributed by atoms with Gasteiger partial charge in [0.05, 0.1) is 28.8 Å². The summed E-state index contributed by atoms with van der Waals surface area (Å²) in [7, 11) is 0. The molecule has 0 saturated heterocycles. The topological polar surface area (TPSA) is 90.5 Å². The van der Waals surface area contributed by atoms with Gasteiger partial charge in [-0.3, -0.25) is 9.59 Å².